The molecule has 1 aliphatic rings. The van der Waals surface area contributed by atoms with E-state index in [0.29, 0.717) is 25.4 Å². The van der Waals surface area contributed by atoms with Crippen LogP contribution in [0.4, 0.5) is 10.1 Å². The Morgan fingerprint density at radius 2 is 2.19 bits per heavy atom. The third-order valence-corrected chi connectivity index (χ3v) is 4.59. The molecule has 3 rings (SSSR count). The number of piperazine rings is 1. The topological polar surface area (TPSA) is 76.9 Å². The Balaban J connectivity index is 1.66. The molecule has 27 heavy (non-hydrogen) atoms. The summed E-state index contributed by atoms with van der Waals surface area (Å²) in [6.45, 7) is 3.20. The van der Waals surface area contributed by atoms with E-state index in [-0.39, 0.29) is 23.3 Å². The minimum Gasteiger partial charge on any atom is -0.496 e. The highest BCUT2D eigenvalue weighted by molar-refractivity contribution is 5.50. The highest BCUT2D eigenvalue weighted by Crippen LogP contribution is 2.31. The highest BCUT2D eigenvalue weighted by Gasteiger charge is 2.24. The van der Waals surface area contributed by atoms with Crippen LogP contribution in [-0.2, 0) is 0 Å². The molecule has 1 saturated heterocycles. The van der Waals surface area contributed by atoms with E-state index in [0.717, 1.165) is 18.7 Å². The number of ether oxygens (including phenoxy) is 2. The van der Waals surface area contributed by atoms with Crippen LogP contribution in [0.2, 0.25) is 0 Å². The van der Waals surface area contributed by atoms with Gasteiger partial charge in [0.05, 0.1) is 18.1 Å². The molecule has 1 N–H and O–H groups in total. The van der Waals surface area contributed by atoms with E-state index in [9.17, 15) is 14.5 Å². The monoisotopic (exact) mass is 375 g/mol. The van der Waals surface area contributed by atoms with Gasteiger partial charge in [-0.1, -0.05) is 12.1 Å². The second-order valence-corrected chi connectivity index (χ2v) is 6.25. The lowest BCUT2D eigenvalue weighted by Gasteiger charge is -2.36. The molecule has 0 bridgehead atoms. The van der Waals surface area contributed by atoms with Crippen molar-refractivity contribution in [3.63, 3.8) is 0 Å². The lowest BCUT2D eigenvalue weighted by molar-refractivity contribution is -0.385. The second-order valence-electron chi connectivity index (χ2n) is 6.25. The van der Waals surface area contributed by atoms with Gasteiger partial charge >= 0.3 is 5.69 Å². The van der Waals surface area contributed by atoms with Crippen LogP contribution in [-0.4, -0.2) is 49.7 Å². The predicted octanol–water partition coefficient (Wildman–Crippen LogP) is 2.77. The molecule has 1 unspecified atom stereocenters. The Labute approximate surface area is 156 Å². The molecule has 0 spiro atoms. The first-order valence-electron chi connectivity index (χ1n) is 8.74. The molecule has 2 aromatic rings. The van der Waals surface area contributed by atoms with Crippen LogP contribution < -0.4 is 14.8 Å². The molecule has 0 saturated carbocycles. The van der Waals surface area contributed by atoms with Crippen LogP contribution in [0, 0.1) is 15.9 Å². The van der Waals surface area contributed by atoms with Crippen LogP contribution in [0.3, 0.4) is 0 Å². The number of nitro benzene ring substituents is 1. The molecule has 0 aliphatic carbocycles. The number of nitro groups is 1. The van der Waals surface area contributed by atoms with Gasteiger partial charge in [-0.05, 0) is 29.8 Å². The van der Waals surface area contributed by atoms with Gasteiger partial charge in [-0.25, -0.2) is 4.39 Å². The summed E-state index contributed by atoms with van der Waals surface area (Å²) >= 11 is 0. The van der Waals surface area contributed by atoms with Gasteiger partial charge in [0.25, 0.3) is 0 Å². The maximum absolute atomic E-state index is 13.6. The zero-order chi connectivity index (χ0) is 19.2. The lowest BCUT2D eigenvalue weighted by Crippen LogP contribution is -2.47. The molecule has 1 atom stereocenters. The van der Waals surface area contributed by atoms with Crippen molar-refractivity contribution in [1.82, 2.24) is 10.2 Å². The van der Waals surface area contributed by atoms with Crippen molar-refractivity contribution >= 4 is 5.69 Å². The van der Waals surface area contributed by atoms with Gasteiger partial charge in [0.2, 0.25) is 0 Å². The lowest BCUT2D eigenvalue weighted by atomic mass is 10.0. The SMILES string of the molecule is COc1ccc(OCCN2CCNCC2c2cccc(F)c2)c([N+](=O)[O-])c1. The molecule has 1 heterocycles. The molecule has 1 fully saturated rings. The number of rotatable bonds is 7. The number of nitrogens with one attached hydrogen (secondary N) is 1. The first kappa shape index (κ1) is 19.1. The van der Waals surface area contributed by atoms with E-state index >= 15 is 0 Å². The van der Waals surface area contributed by atoms with Gasteiger partial charge in [0.1, 0.15) is 18.2 Å². The molecular formula is C19H22FN3O4. The fraction of sp³-hybridized carbons (Fsp3) is 0.368. The molecule has 0 aromatic heterocycles. The van der Waals surface area contributed by atoms with Crippen LogP contribution in [0.5, 0.6) is 11.5 Å². The van der Waals surface area contributed by atoms with E-state index < -0.39 is 4.92 Å². The third-order valence-electron chi connectivity index (χ3n) is 4.59. The molecule has 8 heteroatoms. The minimum absolute atomic E-state index is 0.0314. The maximum atomic E-state index is 13.6. The van der Waals surface area contributed by atoms with Gasteiger partial charge < -0.3 is 14.8 Å². The molecule has 2 aromatic carbocycles. The van der Waals surface area contributed by atoms with Crippen molar-refractivity contribution in [1.29, 1.82) is 0 Å². The largest absolute Gasteiger partial charge is 0.496 e. The quantitative estimate of drug-likeness (QED) is 0.592. The van der Waals surface area contributed by atoms with Crippen molar-refractivity contribution < 1.29 is 18.8 Å². The summed E-state index contributed by atoms with van der Waals surface area (Å²) in [5, 5.41) is 14.6. The van der Waals surface area contributed by atoms with Crippen molar-refractivity contribution in [2.75, 3.05) is 39.9 Å². The Morgan fingerprint density at radius 1 is 1.33 bits per heavy atom. The zero-order valence-corrected chi connectivity index (χ0v) is 15.1. The van der Waals surface area contributed by atoms with Crippen LogP contribution in [0.25, 0.3) is 0 Å². The van der Waals surface area contributed by atoms with Crippen molar-refractivity contribution in [3.05, 3.63) is 64.0 Å². The average molecular weight is 375 g/mol. The first-order chi connectivity index (χ1) is 13.1. The second kappa shape index (κ2) is 8.79. The standard InChI is InChI=1S/C19H22FN3O4/c1-26-16-5-6-19(17(12-16)23(24)25)27-10-9-22-8-7-21-13-18(22)14-3-2-4-15(20)11-14/h2-6,11-12,18,21H,7-10,13H2,1H3. The summed E-state index contributed by atoms with van der Waals surface area (Å²) in [7, 11) is 1.45. The summed E-state index contributed by atoms with van der Waals surface area (Å²) in [6, 6.07) is 11.1. The minimum atomic E-state index is -0.488. The van der Waals surface area contributed by atoms with E-state index in [1.807, 2.05) is 6.07 Å². The molecule has 144 valence electrons. The first-order valence-corrected chi connectivity index (χ1v) is 8.74. The molecule has 0 amide bonds. The number of hydrogen-bond acceptors (Lipinski definition) is 6. The van der Waals surface area contributed by atoms with Crippen molar-refractivity contribution in [2.24, 2.45) is 0 Å². The molecule has 0 radical (unpaired) electrons. The number of methoxy groups -OCH3 is 1. The number of nitrogens with zero attached hydrogens (tertiary/aromatic N) is 2. The number of hydrogen-bond donors (Lipinski definition) is 1. The van der Waals surface area contributed by atoms with E-state index in [1.165, 1.54) is 19.2 Å². The summed E-state index contributed by atoms with van der Waals surface area (Å²) in [5.41, 5.74) is 0.772. The molecular weight excluding hydrogens is 353 g/mol. The van der Waals surface area contributed by atoms with E-state index in [4.69, 9.17) is 9.47 Å². The van der Waals surface area contributed by atoms with Crippen LogP contribution in [0.1, 0.15) is 11.6 Å². The predicted molar refractivity (Wildman–Crippen MR) is 98.7 cm³/mol. The maximum Gasteiger partial charge on any atom is 0.314 e. The number of halogens is 1. The highest BCUT2D eigenvalue weighted by atomic mass is 19.1. The Bertz CT molecular complexity index is 802. The van der Waals surface area contributed by atoms with Gasteiger partial charge in [0, 0.05) is 32.2 Å². The van der Waals surface area contributed by atoms with Crippen molar-refractivity contribution in [3.8, 4) is 11.5 Å². The average Bonchev–Trinajstić information content (AvgIpc) is 2.68. The van der Waals surface area contributed by atoms with Gasteiger partial charge in [0.15, 0.2) is 5.75 Å². The third kappa shape index (κ3) is 4.72. The van der Waals surface area contributed by atoms with Crippen molar-refractivity contribution in [2.45, 2.75) is 6.04 Å². The Kier molecular flexibility index (Phi) is 6.20. The van der Waals surface area contributed by atoms with Crippen LogP contribution in [0.15, 0.2) is 42.5 Å². The van der Waals surface area contributed by atoms with Gasteiger partial charge in [-0.15, -0.1) is 0 Å². The summed E-state index contributed by atoms with van der Waals surface area (Å²) in [4.78, 5) is 12.9. The zero-order valence-electron chi connectivity index (χ0n) is 15.1. The Hall–Kier alpha value is -2.71. The van der Waals surface area contributed by atoms with E-state index in [2.05, 4.69) is 10.2 Å². The summed E-state index contributed by atoms with van der Waals surface area (Å²) in [6.07, 6.45) is 0. The fourth-order valence-electron chi connectivity index (χ4n) is 3.22. The molecule has 7 nitrogen and oxygen atoms in total. The van der Waals surface area contributed by atoms with E-state index in [1.54, 1.807) is 24.3 Å². The van der Waals surface area contributed by atoms with Crippen LogP contribution >= 0.6 is 0 Å². The van der Waals surface area contributed by atoms with Gasteiger partial charge in [-0.2, -0.15) is 0 Å². The number of benzene rings is 2. The normalized spacial score (nSPS) is 17.5. The van der Waals surface area contributed by atoms with Gasteiger partial charge in [-0.3, -0.25) is 15.0 Å². The molecule has 1 aliphatic heterocycles. The Morgan fingerprint density at radius 3 is 2.93 bits per heavy atom. The smallest absolute Gasteiger partial charge is 0.314 e. The summed E-state index contributed by atoms with van der Waals surface area (Å²) < 4.78 is 24.3. The fourth-order valence-corrected chi connectivity index (χ4v) is 3.22. The summed E-state index contributed by atoms with van der Waals surface area (Å²) in [5.74, 6) is 0.351.